The molecule has 0 radical (unpaired) electrons. The number of H-pyrrole nitrogens is 1. The van der Waals surface area contributed by atoms with E-state index in [1.54, 1.807) is 18.3 Å². The summed E-state index contributed by atoms with van der Waals surface area (Å²) >= 11 is 0. The van der Waals surface area contributed by atoms with E-state index in [1.165, 1.54) is 22.6 Å². The van der Waals surface area contributed by atoms with Crippen LogP contribution in [0.3, 0.4) is 0 Å². The average Bonchev–Trinajstić information content (AvgIpc) is 2.87. The summed E-state index contributed by atoms with van der Waals surface area (Å²) in [5.41, 5.74) is 8.19. The molecule has 0 atom stereocenters. The van der Waals surface area contributed by atoms with Gasteiger partial charge in [-0.1, -0.05) is 0 Å². The van der Waals surface area contributed by atoms with Crippen molar-refractivity contribution in [2.24, 2.45) is 5.11 Å². The molecule has 0 fully saturated rings. The van der Waals surface area contributed by atoms with Crippen LogP contribution >= 0.6 is 0 Å². The zero-order valence-corrected chi connectivity index (χ0v) is 11.5. The minimum atomic E-state index is -0.532. The lowest BCUT2D eigenvalue weighted by molar-refractivity contribution is -0.384. The number of aromatic amines is 1. The van der Waals surface area contributed by atoms with Gasteiger partial charge in [0.05, 0.1) is 15.8 Å². The summed E-state index contributed by atoms with van der Waals surface area (Å²) < 4.78 is 1.36. The lowest BCUT2D eigenvalue weighted by Gasteiger charge is -2.00. The van der Waals surface area contributed by atoms with Crippen LogP contribution in [0.2, 0.25) is 0 Å². The number of rotatable bonds is 2. The molecule has 9 heteroatoms. The molecule has 2 N–H and O–H groups in total. The van der Waals surface area contributed by atoms with Crippen LogP contribution in [0, 0.1) is 15.6 Å². The number of fused-ring (bicyclic) bond motifs is 4. The number of nitro benzene ring substituents is 1. The molecule has 4 rings (SSSR count). The summed E-state index contributed by atoms with van der Waals surface area (Å²) in [7, 11) is 0. The Labute approximate surface area is 126 Å². The van der Waals surface area contributed by atoms with Gasteiger partial charge < -0.3 is 4.98 Å². The highest BCUT2D eigenvalue weighted by atomic mass is 16.6. The summed E-state index contributed by atoms with van der Waals surface area (Å²) in [6, 6.07) is 7.38. The van der Waals surface area contributed by atoms with Crippen LogP contribution in [-0.2, 0) is 0 Å². The number of hydrogen-bond donors (Lipinski definition) is 2. The monoisotopic (exact) mass is 308 g/mol. The summed E-state index contributed by atoms with van der Waals surface area (Å²) in [5, 5.41) is 15.1. The quantitative estimate of drug-likeness (QED) is 0.335. The maximum atomic E-state index is 12.7. The third-order valence-corrected chi connectivity index (χ3v) is 3.72. The number of pyridine rings is 1. The van der Waals surface area contributed by atoms with Gasteiger partial charge >= 0.3 is 0 Å². The predicted octanol–water partition coefficient (Wildman–Crippen LogP) is 2.90. The molecule has 23 heavy (non-hydrogen) atoms. The van der Waals surface area contributed by atoms with Crippen molar-refractivity contribution < 1.29 is 4.92 Å². The van der Waals surface area contributed by atoms with E-state index in [4.69, 9.17) is 5.53 Å². The molecule has 0 amide bonds. The SMILES string of the molecule is N=Nc1c2cc([N+](=O)[O-])ccc2n2c(=O)c3cccnc3[nH]c12. The second-order valence-corrected chi connectivity index (χ2v) is 4.93. The minimum Gasteiger partial charge on any atom is -0.323 e. The van der Waals surface area contributed by atoms with Gasteiger partial charge in [0.2, 0.25) is 0 Å². The second kappa shape index (κ2) is 4.44. The highest BCUT2D eigenvalue weighted by Crippen LogP contribution is 2.34. The third-order valence-electron chi connectivity index (χ3n) is 3.72. The first kappa shape index (κ1) is 13.1. The first-order chi connectivity index (χ1) is 11.1. The Bertz CT molecular complexity index is 1190. The molecular weight excluding hydrogens is 300 g/mol. The van der Waals surface area contributed by atoms with Crippen LogP contribution < -0.4 is 5.56 Å². The van der Waals surface area contributed by atoms with E-state index in [9.17, 15) is 14.9 Å². The van der Waals surface area contributed by atoms with Crippen LogP contribution in [-0.4, -0.2) is 19.3 Å². The van der Waals surface area contributed by atoms with Crippen molar-refractivity contribution in [3.05, 3.63) is 57.0 Å². The molecule has 1 aromatic carbocycles. The molecule has 4 aromatic rings. The highest BCUT2D eigenvalue weighted by Gasteiger charge is 2.19. The molecule has 0 saturated carbocycles. The zero-order valence-electron chi connectivity index (χ0n) is 11.5. The van der Waals surface area contributed by atoms with E-state index in [0.717, 1.165) is 0 Å². The second-order valence-electron chi connectivity index (χ2n) is 4.93. The van der Waals surface area contributed by atoms with Gasteiger partial charge in [0.25, 0.3) is 11.2 Å². The Balaban J connectivity index is 2.31. The Kier molecular flexibility index (Phi) is 2.52. The molecule has 0 bridgehead atoms. The normalized spacial score (nSPS) is 11.3. The predicted molar refractivity (Wildman–Crippen MR) is 82.3 cm³/mol. The lowest BCUT2D eigenvalue weighted by Crippen LogP contribution is -2.14. The van der Waals surface area contributed by atoms with Crippen molar-refractivity contribution in [1.82, 2.24) is 14.4 Å². The van der Waals surface area contributed by atoms with E-state index < -0.39 is 4.92 Å². The van der Waals surface area contributed by atoms with Crippen LogP contribution in [0.5, 0.6) is 0 Å². The first-order valence-corrected chi connectivity index (χ1v) is 6.59. The fourth-order valence-corrected chi connectivity index (χ4v) is 2.73. The Morgan fingerprint density at radius 1 is 1.30 bits per heavy atom. The number of nitrogens with zero attached hydrogens (tertiary/aromatic N) is 4. The fourth-order valence-electron chi connectivity index (χ4n) is 2.73. The molecule has 9 nitrogen and oxygen atoms in total. The topological polar surface area (TPSA) is 130 Å². The third kappa shape index (κ3) is 1.67. The standard InChI is InChI=1S/C14H8N6O3/c15-18-11-9-6-7(20(22)23)3-4-10(9)19-13(11)17-12-8(14(19)21)2-1-5-16-12/h1-6,15H,(H,16,17). The van der Waals surface area contributed by atoms with E-state index in [1.807, 2.05) is 0 Å². The van der Waals surface area contributed by atoms with Crippen LogP contribution in [0.15, 0.2) is 46.4 Å². The molecule has 0 aliphatic rings. The lowest BCUT2D eigenvalue weighted by atomic mass is 10.2. The van der Waals surface area contributed by atoms with Crippen molar-refractivity contribution >= 4 is 39.0 Å². The van der Waals surface area contributed by atoms with Gasteiger partial charge in [0.1, 0.15) is 17.0 Å². The van der Waals surface area contributed by atoms with Gasteiger partial charge in [-0.3, -0.25) is 19.3 Å². The Morgan fingerprint density at radius 2 is 2.13 bits per heavy atom. The number of benzene rings is 1. The molecular formula is C14H8N6O3. The summed E-state index contributed by atoms with van der Waals surface area (Å²) in [6.45, 7) is 0. The number of nitro groups is 1. The van der Waals surface area contributed by atoms with Gasteiger partial charge in [-0.15, -0.1) is 0 Å². The molecule has 0 aliphatic carbocycles. The van der Waals surface area contributed by atoms with Crippen molar-refractivity contribution in [1.29, 1.82) is 5.53 Å². The van der Waals surface area contributed by atoms with Crippen molar-refractivity contribution in [2.75, 3.05) is 0 Å². The molecule has 3 heterocycles. The number of nitrogens with one attached hydrogen (secondary N) is 2. The Hall–Kier alpha value is -3.62. The van der Waals surface area contributed by atoms with Crippen LogP contribution in [0.25, 0.3) is 27.6 Å². The van der Waals surface area contributed by atoms with E-state index in [-0.39, 0.29) is 22.6 Å². The van der Waals surface area contributed by atoms with Gasteiger partial charge in [-0.25, -0.2) is 10.5 Å². The largest absolute Gasteiger partial charge is 0.323 e. The van der Waals surface area contributed by atoms with Gasteiger partial charge in [-0.2, -0.15) is 5.11 Å². The van der Waals surface area contributed by atoms with Gasteiger partial charge in [-0.05, 0) is 18.2 Å². The Morgan fingerprint density at radius 3 is 2.87 bits per heavy atom. The molecule has 0 aliphatic heterocycles. The maximum absolute atomic E-state index is 12.7. The summed E-state index contributed by atoms with van der Waals surface area (Å²) in [4.78, 5) is 30.2. The van der Waals surface area contributed by atoms with Crippen molar-refractivity contribution in [3.8, 4) is 0 Å². The zero-order chi connectivity index (χ0) is 16.1. The smallest absolute Gasteiger partial charge is 0.270 e. The first-order valence-electron chi connectivity index (χ1n) is 6.59. The van der Waals surface area contributed by atoms with Crippen molar-refractivity contribution in [2.45, 2.75) is 0 Å². The van der Waals surface area contributed by atoms with Gasteiger partial charge in [0.15, 0.2) is 0 Å². The molecule has 0 spiro atoms. The van der Waals surface area contributed by atoms with Crippen molar-refractivity contribution in [3.63, 3.8) is 0 Å². The van der Waals surface area contributed by atoms with E-state index in [0.29, 0.717) is 21.9 Å². The van der Waals surface area contributed by atoms with E-state index >= 15 is 0 Å². The summed E-state index contributed by atoms with van der Waals surface area (Å²) in [5.74, 6) is 0. The number of hydrogen-bond acceptors (Lipinski definition) is 6. The average molecular weight is 308 g/mol. The van der Waals surface area contributed by atoms with E-state index in [2.05, 4.69) is 15.1 Å². The molecule has 112 valence electrons. The fraction of sp³-hybridized carbons (Fsp3) is 0. The molecule has 0 saturated heterocycles. The summed E-state index contributed by atoms with van der Waals surface area (Å²) in [6.07, 6.45) is 1.54. The molecule has 0 unspecified atom stereocenters. The highest BCUT2D eigenvalue weighted by molar-refractivity contribution is 6.02. The molecule has 3 aromatic heterocycles. The van der Waals surface area contributed by atoms with Crippen LogP contribution in [0.1, 0.15) is 0 Å². The van der Waals surface area contributed by atoms with Gasteiger partial charge in [0, 0.05) is 23.7 Å². The van der Waals surface area contributed by atoms with Crippen LogP contribution in [0.4, 0.5) is 11.4 Å². The minimum absolute atomic E-state index is 0.131. The number of non-ortho nitro benzene ring substituents is 1. The number of aromatic nitrogens is 3. The maximum Gasteiger partial charge on any atom is 0.270 e.